The highest BCUT2D eigenvalue weighted by molar-refractivity contribution is 4.81. The summed E-state index contributed by atoms with van der Waals surface area (Å²) in [5, 5.41) is 9.91. The van der Waals surface area contributed by atoms with Gasteiger partial charge in [0.05, 0.1) is 6.10 Å². The number of aliphatic hydroxyl groups excluding tert-OH is 1. The van der Waals surface area contributed by atoms with Gasteiger partial charge in [0.15, 0.2) is 0 Å². The highest BCUT2D eigenvalue weighted by Crippen LogP contribution is 2.30. The highest BCUT2D eigenvalue weighted by Gasteiger charge is 2.25. The van der Waals surface area contributed by atoms with E-state index in [2.05, 4.69) is 13.5 Å². The standard InChI is InChI=1S/C12H22O/c1-3-7-10(2)11-8-5-4-6-9-12(11)13/h3,10-13H,1,4-9H2,2H3. The van der Waals surface area contributed by atoms with Crippen molar-refractivity contribution in [2.45, 2.75) is 51.6 Å². The number of hydrogen-bond donors (Lipinski definition) is 1. The fraction of sp³-hybridized carbons (Fsp3) is 0.833. The largest absolute Gasteiger partial charge is 0.393 e. The molecule has 13 heavy (non-hydrogen) atoms. The highest BCUT2D eigenvalue weighted by atomic mass is 16.3. The fourth-order valence-electron chi connectivity index (χ4n) is 2.42. The Kier molecular flexibility index (Phi) is 4.51. The molecule has 3 atom stereocenters. The summed E-state index contributed by atoms with van der Waals surface area (Å²) in [5.41, 5.74) is 0. The molecule has 0 bridgehead atoms. The summed E-state index contributed by atoms with van der Waals surface area (Å²) in [7, 11) is 0. The molecule has 0 amide bonds. The molecule has 3 unspecified atom stereocenters. The summed E-state index contributed by atoms with van der Waals surface area (Å²) in [6, 6.07) is 0. The van der Waals surface area contributed by atoms with Gasteiger partial charge in [-0.3, -0.25) is 0 Å². The van der Waals surface area contributed by atoms with Crippen LogP contribution in [0.2, 0.25) is 0 Å². The zero-order chi connectivity index (χ0) is 9.68. The van der Waals surface area contributed by atoms with Crippen molar-refractivity contribution in [2.75, 3.05) is 0 Å². The van der Waals surface area contributed by atoms with E-state index in [1.54, 1.807) is 0 Å². The SMILES string of the molecule is C=CCC(C)C1CCCCCC1O. The lowest BCUT2D eigenvalue weighted by Crippen LogP contribution is -2.25. The number of rotatable bonds is 3. The molecule has 1 N–H and O–H groups in total. The summed E-state index contributed by atoms with van der Waals surface area (Å²) >= 11 is 0. The molecular weight excluding hydrogens is 160 g/mol. The third kappa shape index (κ3) is 3.15. The second kappa shape index (κ2) is 5.43. The van der Waals surface area contributed by atoms with E-state index in [0.717, 1.165) is 12.8 Å². The normalized spacial score (nSPS) is 32.2. The van der Waals surface area contributed by atoms with Crippen molar-refractivity contribution in [3.8, 4) is 0 Å². The molecule has 1 aliphatic rings. The maximum Gasteiger partial charge on any atom is 0.0571 e. The molecule has 0 spiro atoms. The zero-order valence-corrected chi connectivity index (χ0v) is 8.71. The summed E-state index contributed by atoms with van der Waals surface area (Å²) < 4.78 is 0. The predicted octanol–water partition coefficient (Wildman–Crippen LogP) is 3.14. The average Bonchev–Trinajstić information content (AvgIpc) is 2.30. The van der Waals surface area contributed by atoms with Gasteiger partial charge < -0.3 is 5.11 Å². The van der Waals surface area contributed by atoms with Crippen LogP contribution >= 0.6 is 0 Å². The minimum Gasteiger partial charge on any atom is -0.393 e. The molecule has 1 fully saturated rings. The average molecular weight is 182 g/mol. The van der Waals surface area contributed by atoms with Crippen LogP contribution in [0.3, 0.4) is 0 Å². The monoisotopic (exact) mass is 182 g/mol. The number of aliphatic hydroxyl groups is 1. The first-order valence-electron chi connectivity index (χ1n) is 5.54. The lowest BCUT2D eigenvalue weighted by atomic mass is 9.83. The van der Waals surface area contributed by atoms with Crippen LogP contribution in [0, 0.1) is 11.8 Å². The summed E-state index contributed by atoms with van der Waals surface area (Å²) in [6.07, 6.45) is 8.97. The van der Waals surface area contributed by atoms with E-state index in [1.165, 1.54) is 25.7 Å². The van der Waals surface area contributed by atoms with Crippen molar-refractivity contribution in [3.05, 3.63) is 12.7 Å². The molecule has 0 aliphatic heterocycles. The van der Waals surface area contributed by atoms with E-state index in [0.29, 0.717) is 11.8 Å². The summed E-state index contributed by atoms with van der Waals surface area (Å²) in [4.78, 5) is 0. The molecule has 0 heterocycles. The van der Waals surface area contributed by atoms with Gasteiger partial charge in [-0.15, -0.1) is 6.58 Å². The van der Waals surface area contributed by atoms with Gasteiger partial charge in [0.25, 0.3) is 0 Å². The molecular formula is C12H22O. The molecule has 1 heteroatoms. The van der Waals surface area contributed by atoms with Crippen molar-refractivity contribution in [2.24, 2.45) is 11.8 Å². The predicted molar refractivity (Wildman–Crippen MR) is 56.6 cm³/mol. The lowest BCUT2D eigenvalue weighted by molar-refractivity contribution is 0.0714. The number of hydrogen-bond acceptors (Lipinski definition) is 1. The van der Waals surface area contributed by atoms with Crippen LogP contribution in [0.25, 0.3) is 0 Å². The van der Waals surface area contributed by atoms with E-state index >= 15 is 0 Å². The van der Waals surface area contributed by atoms with Crippen LogP contribution in [0.15, 0.2) is 12.7 Å². The third-order valence-corrected chi connectivity index (χ3v) is 3.30. The van der Waals surface area contributed by atoms with Gasteiger partial charge in [0.1, 0.15) is 0 Å². The van der Waals surface area contributed by atoms with Gasteiger partial charge in [0, 0.05) is 0 Å². The van der Waals surface area contributed by atoms with E-state index in [9.17, 15) is 5.11 Å². The van der Waals surface area contributed by atoms with Gasteiger partial charge in [-0.2, -0.15) is 0 Å². The first kappa shape index (κ1) is 10.8. The van der Waals surface area contributed by atoms with Gasteiger partial charge >= 0.3 is 0 Å². The molecule has 1 saturated carbocycles. The Hall–Kier alpha value is -0.300. The quantitative estimate of drug-likeness (QED) is 0.525. The Morgan fingerprint density at radius 2 is 2.08 bits per heavy atom. The minimum absolute atomic E-state index is 0.0579. The maximum absolute atomic E-state index is 9.91. The molecule has 0 aromatic heterocycles. The lowest BCUT2D eigenvalue weighted by Gasteiger charge is -2.26. The van der Waals surface area contributed by atoms with E-state index in [-0.39, 0.29) is 6.10 Å². The van der Waals surface area contributed by atoms with Crippen LogP contribution in [0.4, 0.5) is 0 Å². The Morgan fingerprint density at radius 1 is 1.38 bits per heavy atom. The smallest absolute Gasteiger partial charge is 0.0571 e. The van der Waals surface area contributed by atoms with Crippen molar-refractivity contribution < 1.29 is 5.11 Å². The van der Waals surface area contributed by atoms with Gasteiger partial charge in [-0.1, -0.05) is 32.3 Å². The van der Waals surface area contributed by atoms with Crippen molar-refractivity contribution in [1.82, 2.24) is 0 Å². The Bertz CT molecular complexity index is 153. The Morgan fingerprint density at radius 3 is 2.77 bits per heavy atom. The first-order chi connectivity index (χ1) is 6.25. The van der Waals surface area contributed by atoms with Crippen LogP contribution in [-0.2, 0) is 0 Å². The molecule has 0 radical (unpaired) electrons. The fourth-order valence-corrected chi connectivity index (χ4v) is 2.42. The van der Waals surface area contributed by atoms with E-state index in [1.807, 2.05) is 6.08 Å². The third-order valence-electron chi connectivity index (χ3n) is 3.30. The van der Waals surface area contributed by atoms with Crippen LogP contribution < -0.4 is 0 Å². The second-order valence-corrected chi connectivity index (χ2v) is 4.37. The van der Waals surface area contributed by atoms with Crippen LogP contribution in [0.1, 0.15) is 45.4 Å². The molecule has 76 valence electrons. The van der Waals surface area contributed by atoms with E-state index < -0.39 is 0 Å². The maximum atomic E-state index is 9.91. The first-order valence-corrected chi connectivity index (χ1v) is 5.54. The molecule has 1 rings (SSSR count). The van der Waals surface area contributed by atoms with Crippen LogP contribution in [-0.4, -0.2) is 11.2 Å². The second-order valence-electron chi connectivity index (χ2n) is 4.37. The summed E-state index contributed by atoms with van der Waals surface area (Å²) in [5.74, 6) is 1.12. The van der Waals surface area contributed by atoms with Gasteiger partial charge in [-0.25, -0.2) is 0 Å². The molecule has 1 aliphatic carbocycles. The van der Waals surface area contributed by atoms with Crippen molar-refractivity contribution in [3.63, 3.8) is 0 Å². The molecule has 0 saturated heterocycles. The van der Waals surface area contributed by atoms with Gasteiger partial charge in [0.2, 0.25) is 0 Å². The molecule has 0 aromatic carbocycles. The van der Waals surface area contributed by atoms with Crippen molar-refractivity contribution >= 4 is 0 Å². The molecule has 0 aromatic rings. The Balaban J connectivity index is 2.47. The molecule has 1 nitrogen and oxygen atoms in total. The van der Waals surface area contributed by atoms with Gasteiger partial charge in [-0.05, 0) is 31.1 Å². The minimum atomic E-state index is -0.0579. The topological polar surface area (TPSA) is 20.2 Å². The van der Waals surface area contributed by atoms with Crippen molar-refractivity contribution in [1.29, 1.82) is 0 Å². The summed E-state index contributed by atoms with van der Waals surface area (Å²) in [6.45, 7) is 6.00. The number of allylic oxidation sites excluding steroid dienone is 1. The Labute approximate surface area is 81.9 Å². The van der Waals surface area contributed by atoms with E-state index in [4.69, 9.17) is 0 Å². The zero-order valence-electron chi connectivity index (χ0n) is 8.71. The van der Waals surface area contributed by atoms with Crippen LogP contribution in [0.5, 0.6) is 0 Å².